The van der Waals surface area contributed by atoms with Gasteiger partial charge in [0.1, 0.15) is 0 Å². The molecule has 1 fully saturated rings. The van der Waals surface area contributed by atoms with Gasteiger partial charge in [0, 0.05) is 25.4 Å². The molecule has 100 valence electrons. The molecule has 1 atom stereocenters. The second-order valence-corrected chi connectivity index (χ2v) is 6.18. The highest BCUT2D eigenvalue weighted by Crippen LogP contribution is 2.37. The summed E-state index contributed by atoms with van der Waals surface area (Å²) in [6.07, 6.45) is 7.56. The Labute approximate surface area is 109 Å². The number of amides is 1. The summed E-state index contributed by atoms with van der Waals surface area (Å²) in [6.45, 7) is 2.61. The molecule has 1 rings (SSSR count). The SMILES string of the molecule is CSCC(C)N(C)C(=O)C1(CN)CCCCC1. The largest absolute Gasteiger partial charge is 0.342 e. The van der Waals surface area contributed by atoms with Crippen LogP contribution in [-0.2, 0) is 4.79 Å². The van der Waals surface area contributed by atoms with E-state index in [-0.39, 0.29) is 11.3 Å². The van der Waals surface area contributed by atoms with Crippen LogP contribution >= 0.6 is 11.8 Å². The predicted molar refractivity (Wildman–Crippen MR) is 75.2 cm³/mol. The van der Waals surface area contributed by atoms with Gasteiger partial charge in [-0.25, -0.2) is 0 Å². The molecule has 1 aliphatic rings. The van der Waals surface area contributed by atoms with E-state index in [4.69, 9.17) is 5.73 Å². The third kappa shape index (κ3) is 3.38. The van der Waals surface area contributed by atoms with Gasteiger partial charge >= 0.3 is 0 Å². The van der Waals surface area contributed by atoms with Crippen LogP contribution in [0, 0.1) is 5.41 Å². The number of hydrogen-bond acceptors (Lipinski definition) is 3. The summed E-state index contributed by atoms with van der Waals surface area (Å²) in [4.78, 5) is 14.5. The highest BCUT2D eigenvalue weighted by molar-refractivity contribution is 7.98. The van der Waals surface area contributed by atoms with Crippen molar-refractivity contribution in [2.24, 2.45) is 11.1 Å². The Balaban J connectivity index is 2.71. The van der Waals surface area contributed by atoms with E-state index in [9.17, 15) is 4.79 Å². The molecule has 2 N–H and O–H groups in total. The molecule has 1 amide bonds. The number of nitrogens with zero attached hydrogens (tertiary/aromatic N) is 1. The zero-order chi connectivity index (χ0) is 12.9. The monoisotopic (exact) mass is 258 g/mol. The van der Waals surface area contributed by atoms with Crippen molar-refractivity contribution in [1.82, 2.24) is 4.90 Å². The summed E-state index contributed by atoms with van der Waals surface area (Å²) in [6, 6.07) is 0.294. The van der Waals surface area contributed by atoms with E-state index in [1.807, 2.05) is 11.9 Å². The summed E-state index contributed by atoms with van der Waals surface area (Å²) in [5, 5.41) is 0. The summed E-state index contributed by atoms with van der Waals surface area (Å²) in [5.74, 6) is 1.25. The van der Waals surface area contributed by atoms with E-state index in [1.165, 1.54) is 6.42 Å². The number of rotatable bonds is 5. The Bertz CT molecular complexity index is 252. The van der Waals surface area contributed by atoms with Gasteiger partial charge in [-0.1, -0.05) is 19.3 Å². The van der Waals surface area contributed by atoms with Crippen molar-refractivity contribution in [2.75, 3.05) is 25.6 Å². The molecule has 0 aromatic rings. The van der Waals surface area contributed by atoms with E-state index in [2.05, 4.69) is 13.2 Å². The summed E-state index contributed by atoms with van der Waals surface area (Å²) in [7, 11) is 1.93. The molecule has 0 aromatic carbocycles. The first-order valence-corrected chi connectivity index (χ1v) is 7.93. The Hall–Kier alpha value is -0.220. The fourth-order valence-electron chi connectivity index (χ4n) is 2.66. The van der Waals surface area contributed by atoms with Gasteiger partial charge in [-0.2, -0.15) is 11.8 Å². The van der Waals surface area contributed by atoms with Crippen molar-refractivity contribution in [3.63, 3.8) is 0 Å². The number of thioether (sulfide) groups is 1. The molecule has 0 aliphatic heterocycles. The number of hydrogen-bond donors (Lipinski definition) is 1. The van der Waals surface area contributed by atoms with Crippen LogP contribution in [0.5, 0.6) is 0 Å². The molecule has 0 aromatic heterocycles. The summed E-state index contributed by atoms with van der Waals surface area (Å²) >= 11 is 1.78. The van der Waals surface area contributed by atoms with Crippen molar-refractivity contribution in [2.45, 2.75) is 45.1 Å². The number of nitrogens with two attached hydrogens (primary N) is 1. The van der Waals surface area contributed by atoms with Crippen molar-refractivity contribution in [1.29, 1.82) is 0 Å². The fourth-order valence-corrected chi connectivity index (χ4v) is 3.37. The second-order valence-electron chi connectivity index (χ2n) is 5.27. The third-order valence-corrected chi connectivity index (χ3v) is 4.86. The maximum Gasteiger partial charge on any atom is 0.230 e. The van der Waals surface area contributed by atoms with Gasteiger partial charge in [0.05, 0.1) is 5.41 Å². The quantitative estimate of drug-likeness (QED) is 0.821. The molecule has 1 saturated carbocycles. The second kappa shape index (κ2) is 6.64. The Morgan fingerprint density at radius 2 is 2.00 bits per heavy atom. The third-order valence-electron chi connectivity index (χ3n) is 4.04. The van der Waals surface area contributed by atoms with Crippen molar-refractivity contribution >= 4 is 17.7 Å². The maximum atomic E-state index is 12.6. The van der Waals surface area contributed by atoms with Crippen LogP contribution < -0.4 is 5.73 Å². The molecule has 1 aliphatic carbocycles. The van der Waals surface area contributed by atoms with Gasteiger partial charge in [0.25, 0.3) is 0 Å². The molecule has 3 nitrogen and oxygen atoms in total. The van der Waals surface area contributed by atoms with Gasteiger partial charge in [-0.3, -0.25) is 4.79 Å². The molecule has 4 heteroatoms. The summed E-state index contributed by atoms with van der Waals surface area (Å²) in [5.41, 5.74) is 5.63. The van der Waals surface area contributed by atoms with E-state index >= 15 is 0 Å². The zero-order valence-corrected chi connectivity index (χ0v) is 12.2. The van der Waals surface area contributed by atoms with Crippen LogP contribution in [0.2, 0.25) is 0 Å². The fraction of sp³-hybridized carbons (Fsp3) is 0.923. The maximum absolute atomic E-state index is 12.6. The molecule has 1 unspecified atom stereocenters. The van der Waals surface area contributed by atoms with E-state index in [1.54, 1.807) is 11.8 Å². The highest BCUT2D eigenvalue weighted by atomic mass is 32.2. The van der Waals surface area contributed by atoms with Crippen molar-refractivity contribution in [3.8, 4) is 0 Å². The normalized spacial score (nSPS) is 20.9. The molecule has 17 heavy (non-hydrogen) atoms. The highest BCUT2D eigenvalue weighted by Gasteiger charge is 2.40. The molecular weight excluding hydrogens is 232 g/mol. The lowest BCUT2D eigenvalue weighted by molar-refractivity contribution is -0.143. The van der Waals surface area contributed by atoms with Gasteiger partial charge in [-0.05, 0) is 26.0 Å². The molecule has 0 spiro atoms. The molecule has 0 bridgehead atoms. The number of carbonyl (C=O) groups is 1. The molecular formula is C13H26N2OS. The van der Waals surface area contributed by atoms with E-state index < -0.39 is 0 Å². The molecule has 0 radical (unpaired) electrons. The summed E-state index contributed by atoms with van der Waals surface area (Å²) < 4.78 is 0. The average molecular weight is 258 g/mol. The van der Waals surface area contributed by atoms with Gasteiger partial charge in [-0.15, -0.1) is 0 Å². The van der Waals surface area contributed by atoms with Crippen molar-refractivity contribution < 1.29 is 4.79 Å². The molecule has 0 heterocycles. The van der Waals surface area contributed by atoms with Crippen molar-refractivity contribution in [3.05, 3.63) is 0 Å². The first-order chi connectivity index (χ1) is 8.07. The lowest BCUT2D eigenvalue weighted by atomic mass is 9.73. The van der Waals surface area contributed by atoms with E-state index in [0.29, 0.717) is 12.6 Å². The minimum Gasteiger partial charge on any atom is -0.342 e. The minimum absolute atomic E-state index is 0.264. The average Bonchev–Trinajstić information content (AvgIpc) is 2.38. The first kappa shape index (κ1) is 14.8. The lowest BCUT2D eigenvalue weighted by Crippen LogP contribution is -2.50. The van der Waals surface area contributed by atoms with Crippen LogP contribution in [-0.4, -0.2) is 42.4 Å². The minimum atomic E-state index is -0.264. The topological polar surface area (TPSA) is 46.3 Å². The van der Waals surface area contributed by atoms with Gasteiger partial charge < -0.3 is 10.6 Å². The predicted octanol–water partition coefficient (Wildman–Crippen LogP) is 2.11. The van der Waals surface area contributed by atoms with Crippen LogP contribution in [0.3, 0.4) is 0 Å². The van der Waals surface area contributed by atoms with Gasteiger partial charge in [0.15, 0.2) is 0 Å². The van der Waals surface area contributed by atoms with Crippen LogP contribution in [0.4, 0.5) is 0 Å². The first-order valence-electron chi connectivity index (χ1n) is 6.53. The van der Waals surface area contributed by atoms with Crippen LogP contribution in [0.1, 0.15) is 39.0 Å². The smallest absolute Gasteiger partial charge is 0.230 e. The Morgan fingerprint density at radius 3 is 2.47 bits per heavy atom. The lowest BCUT2D eigenvalue weighted by Gasteiger charge is -2.39. The van der Waals surface area contributed by atoms with Crippen LogP contribution in [0.25, 0.3) is 0 Å². The standard InChI is InChI=1S/C13H26N2OS/c1-11(9-17-3)15(2)12(16)13(10-14)7-5-4-6-8-13/h11H,4-10,14H2,1-3H3. The Kier molecular flexibility index (Phi) is 5.80. The van der Waals surface area contributed by atoms with E-state index in [0.717, 1.165) is 31.4 Å². The zero-order valence-electron chi connectivity index (χ0n) is 11.4. The van der Waals surface area contributed by atoms with Gasteiger partial charge in [0.2, 0.25) is 5.91 Å². The van der Waals surface area contributed by atoms with Crippen LogP contribution in [0.15, 0.2) is 0 Å². The Morgan fingerprint density at radius 1 is 1.41 bits per heavy atom. The number of carbonyl (C=O) groups excluding carboxylic acids is 1. The molecule has 0 saturated heterocycles.